The van der Waals surface area contributed by atoms with Gasteiger partial charge in [0.05, 0.1) is 6.10 Å². The second kappa shape index (κ2) is 6.74. The summed E-state index contributed by atoms with van der Waals surface area (Å²) >= 11 is 0. The van der Waals surface area contributed by atoms with Crippen molar-refractivity contribution in [1.82, 2.24) is 10.2 Å². The van der Waals surface area contributed by atoms with E-state index in [1.807, 2.05) is 13.8 Å². The minimum atomic E-state index is -0.289. The minimum absolute atomic E-state index is 0.0386. The Morgan fingerprint density at radius 3 is 2.62 bits per heavy atom. The molecule has 1 aliphatic heterocycles. The number of nitrogens with one attached hydrogen (secondary N) is 1. The Bertz CT molecular complexity index is 211. The zero-order valence-electron chi connectivity index (χ0n) is 10.7. The molecule has 1 heterocycles. The predicted octanol–water partition coefficient (Wildman–Crippen LogP) is 1.85. The summed E-state index contributed by atoms with van der Waals surface area (Å²) in [6, 6.07) is 0. The molecule has 0 atom stereocenters. The third-order valence-electron chi connectivity index (χ3n) is 3.00. The van der Waals surface area contributed by atoms with E-state index in [0.717, 1.165) is 18.9 Å². The number of alkyl carbamates (subject to hydrolysis) is 1. The second-order valence-electron chi connectivity index (χ2n) is 4.92. The van der Waals surface area contributed by atoms with Crippen LogP contribution in [0.15, 0.2) is 0 Å². The summed E-state index contributed by atoms with van der Waals surface area (Å²) in [5.74, 6) is 0.760. The number of ether oxygens (including phenoxy) is 1. The maximum Gasteiger partial charge on any atom is 0.407 e. The summed E-state index contributed by atoms with van der Waals surface area (Å²) in [5.41, 5.74) is 0. The van der Waals surface area contributed by atoms with Gasteiger partial charge in [-0.15, -0.1) is 0 Å². The van der Waals surface area contributed by atoms with Crippen LogP contribution in [0.1, 0.15) is 33.1 Å². The van der Waals surface area contributed by atoms with Gasteiger partial charge in [-0.3, -0.25) is 0 Å². The zero-order chi connectivity index (χ0) is 12.0. The summed E-state index contributed by atoms with van der Waals surface area (Å²) < 4.78 is 5.00. The fourth-order valence-electron chi connectivity index (χ4n) is 1.98. The quantitative estimate of drug-likeness (QED) is 0.798. The molecule has 0 aromatic carbocycles. The Hall–Kier alpha value is -0.770. The van der Waals surface area contributed by atoms with Gasteiger partial charge in [-0.05, 0) is 59.2 Å². The van der Waals surface area contributed by atoms with Gasteiger partial charge in [-0.2, -0.15) is 0 Å². The van der Waals surface area contributed by atoms with E-state index in [4.69, 9.17) is 4.74 Å². The van der Waals surface area contributed by atoms with E-state index in [2.05, 4.69) is 17.3 Å². The molecule has 0 saturated carbocycles. The maximum absolute atomic E-state index is 11.2. The largest absolute Gasteiger partial charge is 0.447 e. The monoisotopic (exact) mass is 228 g/mol. The maximum atomic E-state index is 11.2. The molecule has 1 N–H and O–H groups in total. The van der Waals surface area contributed by atoms with Gasteiger partial charge in [0.15, 0.2) is 0 Å². The number of hydrogen-bond donors (Lipinski definition) is 1. The van der Waals surface area contributed by atoms with Crippen LogP contribution in [0.2, 0.25) is 0 Å². The van der Waals surface area contributed by atoms with Gasteiger partial charge in [0, 0.05) is 6.54 Å². The van der Waals surface area contributed by atoms with E-state index in [1.54, 1.807) is 0 Å². The van der Waals surface area contributed by atoms with E-state index >= 15 is 0 Å². The summed E-state index contributed by atoms with van der Waals surface area (Å²) in [6.07, 6.45) is 3.24. The van der Waals surface area contributed by atoms with Crippen LogP contribution in [0.4, 0.5) is 4.79 Å². The van der Waals surface area contributed by atoms with Crippen LogP contribution in [-0.4, -0.2) is 43.8 Å². The number of likely N-dealkylation sites (tertiary alicyclic amines) is 1. The van der Waals surface area contributed by atoms with Crippen LogP contribution in [-0.2, 0) is 4.74 Å². The fraction of sp³-hybridized carbons (Fsp3) is 0.917. The zero-order valence-corrected chi connectivity index (χ0v) is 10.7. The Balaban J connectivity index is 2.04. The molecule has 16 heavy (non-hydrogen) atoms. The SMILES string of the molecule is CC(C)OC(=O)NCCC1CCN(C)CC1. The summed E-state index contributed by atoms with van der Waals surface area (Å²) in [6.45, 7) is 6.81. The lowest BCUT2D eigenvalue weighted by Crippen LogP contribution is -2.33. The number of piperidine rings is 1. The molecule has 1 rings (SSSR count). The van der Waals surface area contributed by atoms with Crippen molar-refractivity contribution in [3.8, 4) is 0 Å². The van der Waals surface area contributed by atoms with Crippen LogP contribution < -0.4 is 5.32 Å². The molecule has 4 heteroatoms. The van der Waals surface area contributed by atoms with E-state index in [-0.39, 0.29) is 12.2 Å². The van der Waals surface area contributed by atoms with E-state index in [1.165, 1.54) is 25.9 Å². The molecule has 1 saturated heterocycles. The molecule has 0 aromatic rings. The highest BCUT2D eigenvalue weighted by molar-refractivity contribution is 5.67. The van der Waals surface area contributed by atoms with E-state index < -0.39 is 0 Å². The number of amides is 1. The first-order valence-electron chi connectivity index (χ1n) is 6.21. The van der Waals surface area contributed by atoms with Crippen LogP contribution in [0.3, 0.4) is 0 Å². The number of nitrogens with zero attached hydrogens (tertiary/aromatic N) is 1. The van der Waals surface area contributed by atoms with Crippen LogP contribution in [0.5, 0.6) is 0 Å². The molecule has 1 amide bonds. The van der Waals surface area contributed by atoms with Gasteiger partial charge in [0.1, 0.15) is 0 Å². The number of carbonyl (C=O) groups excluding carboxylic acids is 1. The van der Waals surface area contributed by atoms with Crippen LogP contribution >= 0.6 is 0 Å². The average molecular weight is 228 g/mol. The van der Waals surface area contributed by atoms with Crippen LogP contribution in [0, 0.1) is 5.92 Å². The lowest BCUT2D eigenvalue weighted by molar-refractivity contribution is 0.114. The molecule has 1 fully saturated rings. The Labute approximate surface area is 98.3 Å². The molecular weight excluding hydrogens is 204 g/mol. The van der Waals surface area contributed by atoms with Crippen molar-refractivity contribution in [3.63, 3.8) is 0 Å². The molecule has 1 aliphatic rings. The van der Waals surface area contributed by atoms with Crippen molar-refractivity contribution in [2.75, 3.05) is 26.7 Å². The predicted molar refractivity (Wildman–Crippen MR) is 64.5 cm³/mol. The minimum Gasteiger partial charge on any atom is -0.447 e. The average Bonchev–Trinajstić information content (AvgIpc) is 2.20. The highest BCUT2D eigenvalue weighted by atomic mass is 16.6. The first-order chi connectivity index (χ1) is 7.58. The smallest absolute Gasteiger partial charge is 0.407 e. The van der Waals surface area contributed by atoms with Crippen molar-refractivity contribution in [2.45, 2.75) is 39.2 Å². The molecule has 94 valence electrons. The number of hydrogen-bond acceptors (Lipinski definition) is 3. The van der Waals surface area contributed by atoms with Crippen molar-refractivity contribution in [2.24, 2.45) is 5.92 Å². The van der Waals surface area contributed by atoms with Crippen molar-refractivity contribution < 1.29 is 9.53 Å². The molecule has 0 aromatic heterocycles. The van der Waals surface area contributed by atoms with Gasteiger partial charge >= 0.3 is 6.09 Å². The first-order valence-corrected chi connectivity index (χ1v) is 6.21. The number of carbonyl (C=O) groups is 1. The van der Waals surface area contributed by atoms with Gasteiger partial charge < -0.3 is 15.0 Å². The summed E-state index contributed by atoms with van der Waals surface area (Å²) in [7, 11) is 2.16. The summed E-state index contributed by atoms with van der Waals surface area (Å²) in [4.78, 5) is 13.6. The lowest BCUT2D eigenvalue weighted by Gasteiger charge is -2.28. The van der Waals surface area contributed by atoms with Gasteiger partial charge in [-0.1, -0.05) is 0 Å². The Morgan fingerprint density at radius 2 is 2.06 bits per heavy atom. The Morgan fingerprint density at radius 1 is 1.44 bits per heavy atom. The molecule has 0 aliphatic carbocycles. The van der Waals surface area contributed by atoms with Crippen molar-refractivity contribution in [3.05, 3.63) is 0 Å². The third-order valence-corrected chi connectivity index (χ3v) is 3.00. The molecule has 0 spiro atoms. The molecule has 0 bridgehead atoms. The third kappa shape index (κ3) is 5.35. The molecule has 0 unspecified atom stereocenters. The number of rotatable bonds is 4. The lowest BCUT2D eigenvalue weighted by atomic mass is 9.94. The highest BCUT2D eigenvalue weighted by Crippen LogP contribution is 2.18. The molecule has 4 nitrogen and oxygen atoms in total. The van der Waals surface area contributed by atoms with Crippen molar-refractivity contribution in [1.29, 1.82) is 0 Å². The standard InChI is InChI=1S/C12H24N2O2/c1-10(2)16-12(15)13-7-4-11-5-8-14(3)9-6-11/h10-11H,4-9H2,1-3H3,(H,13,15). The van der Waals surface area contributed by atoms with Gasteiger partial charge in [0.2, 0.25) is 0 Å². The molecule has 0 radical (unpaired) electrons. The van der Waals surface area contributed by atoms with Crippen molar-refractivity contribution >= 4 is 6.09 Å². The topological polar surface area (TPSA) is 41.6 Å². The van der Waals surface area contributed by atoms with Crippen LogP contribution in [0.25, 0.3) is 0 Å². The molecular formula is C12H24N2O2. The van der Waals surface area contributed by atoms with Gasteiger partial charge in [-0.25, -0.2) is 4.79 Å². The van der Waals surface area contributed by atoms with E-state index in [0.29, 0.717) is 0 Å². The normalized spacial score (nSPS) is 18.8. The highest BCUT2D eigenvalue weighted by Gasteiger charge is 2.16. The Kier molecular flexibility index (Phi) is 5.60. The van der Waals surface area contributed by atoms with E-state index in [9.17, 15) is 4.79 Å². The first kappa shape index (κ1) is 13.3. The van der Waals surface area contributed by atoms with Gasteiger partial charge in [0.25, 0.3) is 0 Å². The summed E-state index contributed by atoms with van der Waals surface area (Å²) in [5, 5.41) is 2.80. The second-order valence-corrected chi connectivity index (χ2v) is 4.92. The fourth-order valence-corrected chi connectivity index (χ4v) is 1.98.